The molecule has 8 rings (SSSR count). The molecule has 2 heterocycles. The van der Waals surface area contributed by atoms with Crippen LogP contribution in [-0.2, 0) is 0 Å². The van der Waals surface area contributed by atoms with E-state index in [0.29, 0.717) is 50.4 Å². The first-order valence-corrected chi connectivity index (χ1v) is 15.7. The standard InChI is InChI=1S/C40H24N6O4/c47-45(48)31-17-11-27(12-18-31)39-38(26-9-5-2-6-10-26)43-35-23-29(16-22-34(35)42-39)30-15-21-33-36(24-30)44-40(28-13-19-32(20-14-28)46(49)50)37(41-33)25-7-3-1-4-8-25/h1-24H. The summed E-state index contributed by atoms with van der Waals surface area (Å²) >= 11 is 0. The summed E-state index contributed by atoms with van der Waals surface area (Å²) < 4.78 is 0. The summed E-state index contributed by atoms with van der Waals surface area (Å²) in [6.07, 6.45) is 0. The van der Waals surface area contributed by atoms with Gasteiger partial charge in [-0.3, -0.25) is 20.2 Å². The Bertz CT molecular complexity index is 2580. The van der Waals surface area contributed by atoms with Crippen molar-refractivity contribution in [3.05, 3.63) is 166 Å². The van der Waals surface area contributed by atoms with E-state index in [0.717, 1.165) is 27.8 Å². The largest absolute Gasteiger partial charge is 0.269 e. The average molecular weight is 653 g/mol. The highest BCUT2D eigenvalue weighted by molar-refractivity contribution is 5.92. The molecule has 2 aromatic heterocycles. The van der Waals surface area contributed by atoms with Crippen LogP contribution in [0.1, 0.15) is 0 Å². The maximum atomic E-state index is 11.3. The third-order valence-electron chi connectivity index (χ3n) is 8.46. The molecule has 0 saturated carbocycles. The summed E-state index contributed by atoms with van der Waals surface area (Å²) in [4.78, 5) is 41.9. The fraction of sp³-hybridized carbons (Fsp3) is 0. The molecule has 50 heavy (non-hydrogen) atoms. The molecule has 0 saturated heterocycles. The fourth-order valence-corrected chi connectivity index (χ4v) is 5.95. The normalized spacial score (nSPS) is 11.1. The average Bonchev–Trinajstić information content (AvgIpc) is 3.17. The Morgan fingerprint density at radius 2 is 0.640 bits per heavy atom. The third kappa shape index (κ3) is 5.67. The van der Waals surface area contributed by atoms with E-state index in [4.69, 9.17) is 19.9 Å². The molecule has 6 aromatic carbocycles. The minimum atomic E-state index is -0.424. The Hall–Kier alpha value is -7.20. The Morgan fingerprint density at radius 1 is 0.340 bits per heavy atom. The van der Waals surface area contributed by atoms with Gasteiger partial charge in [-0.15, -0.1) is 0 Å². The molecule has 8 aromatic rings. The molecule has 238 valence electrons. The van der Waals surface area contributed by atoms with Crippen LogP contribution in [0.4, 0.5) is 11.4 Å². The number of nitrogens with zero attached hydrogens (tertiary/aromatic N) is 6. The van der Waals surface area contributed by atoms with Gasteiger partial charge in [-0.05, 0) is 59.7 Å². The van der Waals surface area contributed by atoms with Crippen molar-refractivity contribution < 1.29 is 9.85 Å². The number of nitro benzene ring substituents is 2. The lowest BCUT2D eigenvalue weighted by molar-refractivity contribution is -0.385. The van der Waals surface area contributed by atoms with E-state index in [2.05, 4.69) is 0 Å². The molecular formula is C40H24N6O4. The van der Waals surface area contributed by atoms with Crippen LogP contribution in [0, 0.1) is 20.2 Å². The molecule has 0 spiro atoms. The first kappa shape index (κ1) is 30.2. The van der Waals surface area contributed by atoms with Gasteiger partial charge in [0, 0.05) is 46.5 Å². The van der Waals surface area contributed by atoms with E-state index in [1.807, 2.05) is 97.1 Å². The fourth-order valence-electron chi connectivity index (χ4n) is 5.95. The molecule has 0 fully saturated rings. The number of nitro groups is 2. The Balaban J connectivity index is 1.25. The molecular weight excluding hydrogens is 628 g/mol. The molecule has 10 heteroatoms. The first-order valence-electron chi connectivity index (χ1n) is 15.7. The third-order valence-corrected chi connectivity index (χ3v) is 8.46. The molecule has 0 aliphatic rings. The summed E-state index contributed by atoms with van der Waals surface area (Å²) in [5.41, 5.74) is 10.3. The molecule has 0 bridgehead atoms. The zero-order chi connectivity index (χ0) is 34.2. The lowest BCUT2D eigenvalue weighted by Crippen LogP contribution is -1.97. The van der Waals surface area contributed by atoms with Crippen LogP contribution < -0.4 is 0 Å². The van der Waals surface area contributed by atoms with Crippen molar-refractivity contribution in [2.75, 3.05) is 0 Å². The molecule has 0 unspecified atom stereocenters. The van der Waals surface area contributed by atoms with E-state index >= 15 is 0 Å². The quantitative estimate of drug-likeness (QED) is 0.122. The Labute approximate surface area is 284 Å². The van der Waals surface area contributed by atoms with Crippen molar-refractivity contribution in [1.82, 2.24) is 19.9 Å². The molecule has 0 atom stereocenters. The van der Waals surface area contributed by atoms with Gasteiger partial charge in [0.1, 0.15) is 0 Å². The van der Waals surface area contributed by atoms with Crippen molar-refractivity contribution in [3.63, 3.8) is 0 Å². The highest BCUT2D eigenvalue weighted by atomic mass is 16.6. The van der Waals surface area contributed by atoms with E-state index in [1.165, 1.54) is 24.3 Å². The summed E-state index contributed by atoms with van der Waals surface area (Å²) in [5, 5.41) is 22.6. The topological polar surface area (TPSA) is 138 Å². The van der Waals surface area contributed by atoms with Crippen molar-refractivity contribution >= 4 is 33.4 Å². The summed E-state index contributed by atoms with van der Waals surface area (Å²) in [5.74, 6) is 0. The number of fused-ring (bicyclic) bond motifs is 2. The van der Waals surface area contributed by atoms with Gasteiger partial charge >= 0.3 is 0 Å². The van der Waals surface area contributed by atoms with Crippen molar-refractivity contribution in [1.29, 1.82) is 0 Å². The van der Waals surface area contributed by atoms with Gasteiger partial charge in [0.2, 0.25) is 0 Å². The smallest absolute Gasteiger partial charge is 0.258 e. The number of hydrogen-bond acceptors (Lipinski definition) is 8. The molecule has 0 amide bonds. The second kappa shape index (κ2) is 12.4. The number of hydrogen-bond donors (Lipinski definition) is 0. The number of non-ortho nitro benzene ring substituents is 2. The predicted molar refractivity (Wildman–Crippen MR) is 193 cm³/mol. The summed E-state index contributed by atoms with van der Waals surface area (Å²) in [6, 6.07) is 43.9. The van der Waals surface area contributed by atoms with Crippen LogP contribution in [-0.4, -0.2) is 29.8 Å². The zero-order valence-electron chi connectivity index (χ0n) is 26.2. The first-order chi connectivity index (χ1) is 24.4. The van der Waals surface area contributed by atoms with Crippen LogP contribution in [0.25, 0.3) is 78.2 Å². The lowest BCUT2D eigenvalue weighted by atomic mass is 10.0. The summed E-state index contributed by atoms with van der Waals surface area (Å²) in [6.45, 7) is 0. The minimum Gasteiger partial charge on any atom is -0.258 e. The van der Waals surface area contributed by atoms with E-state index < -0.39 is 9.85 Å². The highest BCUT2D eigenvalue weighted by Gasteiger charge is 2.18. The van der Waals surface area contributed by atoms with Crippen LogP contribution in [0.15, 0.2) is 146 Å². The second-order valence-electron chi connectivity index (χ2n) is 11.6. The van der Waals surface area contributed by atoms with Gasteiger partial charge in [0.15, 0.2) is 0 Å². The van der Waals surface area contributed by atoms with E-state index in [1.54, 1.807) is 24.3 Å². The second-order valence-corrected chi connectivity index (χ2v) is 11.6. The minimum absolute atomic E-state index is 0.000680. The van der Waals surface area contributed by atoms with E-state index in [9.17, 15) is 20.2 Å². The monoisotopic (exact) mass is 652 g/mol. The predicted octanol–water partition coefficient (Wildman–Crippen LogP) is 9.72. The van der Waals surface area contributed by atoms with Gasteiger partial charge in [0.25, 0.3) is 11.4 Å². The van der Waals surface area contributed by atoms with Crippen LogP contribution >= 0.6 is 0 Å². The number of rotatable bonds is 7. The van der Waals surface area contributed by atoms with Gasteiger partial charge < -0.3 is 0 Å². The maximum Gasteiger partial charge on any atom is 0.269 e. The molecule has 0 radical (unpaired) electrons. The SMILES string of the molecule is O=[N+]([O-])c1ccc(-c2nc3ccc(-c4ccc5nc(-c6ccccc6)c(-c6ccc([N+](=O)[O-])cc6)nc5c4)cc3nc2-c2ccccc2)cc1. The van der Waals surface area contributed by atoms with Gasteiger partial charge in [-0.1, -0.05) is 72.8 Å². The molecule has 0 aliphatic carbocycles. The summed E-state index contributed by atoms with van der Waals surface area (Å²) in [7, 11) is 0. The van der Waals surface area contributed by atoms with Crippen LogP contribution in [0.3, 0.4) is 0 Å². The molecule has 10 nitrogen and oxygen atoms in total. The van der Waals surface area contributed by atoms with Crippen LogP contribution in [0.2, 0.25) is 0 Å². The number of benzene rings is 6. The van der Waals surface area contributed by atoms with Gasteiger partial charge in [0.05, 0.1) is 54.7 Å². The van der Waals surface area contributed by atoms with E-state index in [-0.39, 0.29) is 11.4 Å². The molecule has 0 N–H and O–H groups in total. The molecule has 0 aliphatic heterocycles. The Morgan fingerprint density at radius 3 is 0.980 bits per heavy atom. The zero-order valence-corrected chi connectivity index (χ0v) is 26.2. The lowest BCUT2D eigenvalue weighted by Gasteiger charge is -2.13. The number of aromatic nitrogens is 4. The van der Waals surface area contributed by atoms with Crippen molar-refractivity contribution in [2.45, 2.75) is 0 Å². The van der Waals surface area contributed by atoms with Crippen molar-refractivity contribution in [2.24, 2.45) is 0 Å². The van der Waals surface area contributed by atoms with Gasteiger partial charge in [-0.25, -0.2) is 19.9 Å². The maximum absolute atomic E-state index is 11.3. The highest BCUT2D eigenvalue weighted by Crippen LogP contribution is 2.35. The van der Waals surface area contributed by atoms with Gasteiger partial charge in [-0.2, -0.15) is 0 Å². The van der Waals surface area contributed by atoms with Crippen LogP contribution in [0.5, 0.6) is 0 Å². The Kier molecular flexibility index (Phi) is 7.50. The van der Waals surface area contributed by atoms with Crippen molar-refractivity contribution in [3.8, 4) is 56.2 Å².